The van der Waals surface area contributed by atoms with Crippen LogP contribution in [0.5, 0.6) is 0 Å². The van der Waals surface area contributed by atoms with E-state index in [-0.39, 0.29) is 12.5 Å². The summed E-state index contributed by atoms with van der Waals surface area (Å²) in [5.41, 5.74) is 1.54. The maximum absolute atomic E-state index is 12.1. The molecule has 1 aromatic heterocycles. The number of nitrogens with one attached hydrogen (secondary N) is 2. The standard InChI is InChI=1S/C17H20N2O4/c1-11(2)12-6-3-4-7-13(12)18-16(21)17(22)19-14(10-20)15-8-5-9-23-15/h3-9,11,14,20H,10H2,1-2H3,(H,18,21)(H,19,22). The van der Waals surface area contributed by atoms with Gasteiger partial charge in [0, 0.05) is 5.69 Å². The second-order valence-electron chi connectivity index (χ2n) is 5.42. The van der Waals surface area contributed by atoms with E-state index in [1.807, 2.05) is 26.0 Å². The van der Waals surface area contributed by atoms with Crippen LogP contribution in [0.3, 0.4) is 0 Å². The topological polar surface area (TPSA) is 91.6 Å². The summed E-state index contributed by atoms with van der Waals surface area (Å²) >= 11 is 0. The average molecular weight is 316 g/mol. The lowest BCUT2D eigenvalue weighted by Gasteiger charge is -2.16. The third-order valence-electron chi connectivity index (χ3n) is 3.41. The molecule has 0 aliphatic heterocycles. The van der Waals surface area contributed by atoms with Crippen LogP contribution in [-0.2, 0) is 9.59 Å². The van der Waals surface area contributed by atoms with Crippen LogP contribution in [0.2, 0.25) is 0 Å². The van der Waals surface area contributed by atoms with E-state index in [1.165, 1.54) is 6.26 Å². The number of rotatable bonds is 5. The molecule has 23 heavy (non-hydrogen) atoms. The molecule has 0 aliphatic carbocycles. The van der Waals surface area contributed by atoms with Crippen molar-refractivity contribution in [3.63, 3.8) is 0 Å². The normalized spacial score (nSPS) is 12.0. The molecule has 0 bridgehead atoms. The first kappa shape index (κ1) is 16.8. The molecule has 0 spiro atoms. The zero-order chi connectivity index (χ0) is 16.8. The summed E-state index contributed by atoms with van der Waals surface area (Å²) in [6.45, 7) is 3.64. The summed E-state index contributed by atoms with van der Waals surface area (Å²) in [4.78, 5) is 24.1. The number of amides is 2. The lowest BCUT2D eigenvalue weighted by Crippen LogP contribution is -2.39. The fraction of sp³-hybridized carbons (Fsp3) is 0.294. The summed E-state index contributed by atoms with van der Waals surface area (Å²) in [7, 11) is 0. The van der Waals surface area contributed by atoms with Crippen LogP contribution in [0.1, 0.15) is 37.1 Å². The van der Waals surface area contributed by atoms with Crippen molar-refractivity contribution in [2.45, 2.75) is 25.8 Å². The van der Waals surface area contributed by atoms with Crippen molar-refractivity contribution >= 4 is 17.5 Å². The highest BCUT2D eigenvalue weighted by molar-refractivity contribution is 6.39. The summed E-state index contributed by atoms with van der Waals surface area (Å²) in [5.74, 6) is -1.03. The van der Waals surface area contributed by atoms with Crippen LogP contribution in [0, 0.1) is 0 Å². The number of aliphatic hydroxyl groups excluding tert-OH is 1. The highest BCUT2D eigenvalue weighted by Gasteiger charge is 2.22. The largest absolute Gasteiger partial charge is 0.467 e. The molecule has 0 saturated heterocycles. The first-order chi connectivity index (χ1) is 11.0. The van der Waals surface area contributed by atoms with E-state index in [9.17, 15) is 14.7 Å². The quantitative estimate of drug-likeness (QED) is 0.737. The monoisotopic (exact) mass is 316 g/mol. The van der Waals surface area contributed by atoms with Gasteiger partial charge in [0.1, 0.15) is 11.8 Å². The fourth-order valence-corrected chi connectivity index (χ4v) is 2.21. The molecule has 0 aliphatic rings. The van der Waals surface area contributed by atoms with E-state index in [1.54, 1.807) is 24.3 Å². The minimum atomic E-state index is -0.834. The van der Waals surface area contributed by atoms with Crippen molar-refractivity contribution in [2.75, 3.05) is 11.9 Å². The van der Waals surface area contributed by atoms with E-state index in [0.717, 1.165) is 5.56 Å². The predicted molar refractivity (Wildman–Crippen MR) is 85.8 cm³/mol. The Morgan fingerprint density at radius 3 is 2.48 bits per heavy atom. The summed E-state index contributed by atoms with van der Waals surface area (Å²) < 4.78 is 5.13. The van der Waals surface area contributed by atoms with Crippen molar-refractivity contribution in [3.05, 3.63) is 54.0 Å². The van der Waals surface area contributed by atoms with Crippen LogP contribution in [0.15, 0.2) is 47.1 Å². The van der Waals surface area contributed by atoms with E-state index in [2.05, 4.69) is 10.6 Å². The molecule has 1 unspecified atom stereocenters. The Bertz CT molecular complexity index is 665. The van der Waals surface area contributed by atoms with Gasteiger partial charge in [-0.3, -0.25) is 9.59 Å². The van der Waals surface area contributed by atoms with Crippen molar-refractivity contribution < 1.29 is 19.1 Å². The Kier molecular flexibility index (Phi) is 5.54. The van der Waals surface area contributed by atoms with Gasteiger partial charge in [0.2, 0.25) is 0 Å². The summed E-state index contributed by atoms with van der Waals surface area (Å²) in [5, 5.41) is 14.4. The predicted octanol–water partition coefficient (Wildman–Crippen LogP) is 2.19. The first-order valence-electron chi connectivity index (χ1n) is 7.38. The molecule has 0 fully saturated rings. The van der Waals surface area contributed by atoms with Crippen LogP contribution < -0.4 is 10.6 Å². The Hall–Kier alpha value is -2.60. The van der Waals surface area contributed by atoms with Gasteiger partial charge >= 0.3 is 11.8 Å². The smallest absolute Gasteiger partial charge is 0.313 e. The third kappa shape index (κ3) is 4.20. The number of anilines is 1. The van der Waals surface area contributed by atoms with Gasteiger partial charge in [-0.05, 0) is 29.7 Å². The molecule has 2 aromatic rings. The number of carbonyl (C=O) groups is 2. The highest BCUT2D eigenvalue weighted by Crippen LogP contribution is 2.23. The average Bonchev–Trinajstić information content (AvgIpc) is 3.06. The zero-order valence-electron chi connectivity index (χ0n) is 13.1. The molecule has 1 aromatic carbocycles. The second kappa shape index (κ2) is 7.60. The van der Waals surface area contributed by atoms with Crippen LogP contribution in [-0.4, -0.2) is 23.5 Å². The van der Waals surface area contributed by atoms with Gasteiger partial charge in [-0.1, -0.05) is 32.0 Å². The molecular formula is C17H20N2O4. The second-order valence-corrected chi connectivity index (χ2v) is 5.42. The maximum atomic E-state index is 12.1. The number of hydrogen-bond donors (Lipinski definition) is 3. The van der Waals surface area contributed by atoms with Crippen molar-refractivity contribution in [2.24, 2.45) is 0 Å². The van der Waals surface area contributed by atoms with Gasteiger partial charge in [-0.15, -0.1) is 0 Å². The molecule has 1 heterocycles. The van der Waals surface area contributed by atoms with E-state index in [4.69, 9.17) is 4.42 Å². The minimum absolute atomic E-state index is 0.211. The van der Waals surface area contributed by atoms with E-state index < -0.39 is 17.9 Å². The highest BCUT2D eigenvalue weighted by atomic mass is 16.3. The van der Waals surface area contributed by atoms with E-state index in [0.29, 0.717) is 11.4 Å². The molecule has 0 saturated carbocycles. The molecular weight excluding hydrogens is 296 g/mol. The molecule has 6 heteroatoms. The number of benzene rings is 1. The SMILES string of the molecule is CC(C)c1ccccc1NC(=O)C(=O)NC(CO)c1ccco1. The Balaban J connectivity index is 2.04. The van der Waals surface area contributed by atoms with E-state index >= 15 is 0 Å². The van der Waals surface area contributed by atoms with Crippen molar-refractivity contribution in [3.8, 4) is 0 Å². The zero-order valence-corrected chi connectivity index (χ0v) is 13.1. The number of para-hydroxylation sites is 1. The van der Waals surface area contributed by atoms with Gasteiger partial charge in [0.25, 0.3) is 0 Å². The number of furan rings is 1. The van der Waals surface area contributed by atoms with Gasteiger partial charge < -0.3 is 20.2 Å². The Morgan fingerprint density at radius 2 is 1.87 bits per heavy atom. The fourth-order valence-electron chi connectivity index (χ4n) is 2.21. The Morgan fingerprint density at radius 1 is 1.13 bits per heavy atom. The lowest BCUT2D eigenvalue weighted by molar-refractivity contribution is -0.136. The third-order valence-corrected chi connectivity index (χ3v) is 3.41. The number of carbonyl (C=O) groups excluding carboxylic acids is 2. The Labute approximate surface area is 134 Å². The van der Waals surface area contributed by atoms with Gasteiger partial charge in [-0.2, -0.15) is 0 Å². The molecule has 6 nitrogen and oxygen atoms in total. The van der Waals surface area contributed by atoms with Gasteiger partial charge in [-0.25, -0.2) is 0 Å². The van der Waals surface area contributed by atoms with Crippen molar-refractivity contribution in [1.82, 2.24) is 5.32 Å². The number of hydrogen-bond acceptors (Lipinski definition) is 4. The molecule has 3 N–H and O–H groups in total. The van der Waals surface area contributed by atoms with Gasteiger partial charge in [0.15, 0.2) is 0 Å². The molecule has 2 amide bonds. The minimum Gasteiger partial charge on any atom is -0.467 e. The summed E-state index contributed by atoms with van der Waals surface area (Å²) in [6.07, 6.45) is 1.43. The van der Waals surface area contributed by atoms with Crippen molar-refractivity contribution in [1.29, 1.82) is 0 Å². The van der Waals surface area contributed by atoms with Crippen LogP contribution in [0.25, 0.3) is 0 Å². The van der Waals surface area contributed by atoms with Crippen LogP contribution in [0.4, 0.5) is 5.69 Å². The molecule has 0 radical (unpaired) electrons. The first-order valence-corrected chi connectivity index (χ1v) is 7.38. The molecule has 2 rings (SSSR count). The lowest BCUT2D eigenvalue weighted by atomic mass is 10.0. The molecule has 1 atom stereocenters. The van der Waals surface area contributed by atoms with Gasteiger partial charge in [0.05, 0.1) is 12.9 Å². The van der Waals surface area contributed by atoms with Crippen LogP contribution >= 0.6 is 0 Å². The molecule has 122 valence electrons. The maximum Gasteiger partial charge on any atom is 0.313 e. The number of aliphatic hydroxyl groups is 1. The summed E-state index contributed by atoms with van der Waals surface area (Å²) in [6, 6.07) is 9.82.